The Hall–Kier alpha value is -1.60. The predicted molar refractivity (Wildman–Crippen MR) is 78.1 cm³/mol. The molecule has 0 aliphatic carbocycles. The first-order valence-corrected chi connectivity index (χ1v) is 7.04. The average Bonchev–Trinajstić information content (AvgIpc) is 3.08. The van der Waals surface area contributed by atoms with Crippen molar-refractivity contribution in [1.29, 1.82) is 0 Å². The number of hydrogen-bond acceptors (Lipinski definition) is 1. The summed E-state index contributed by atoms with van der Waals surface area (Å²) in [6.07, 6.45) is 2.22. The van der Waals surface area contributed by atoms with Gasteiger partial charge in [-0.2, -0.15) is 0 Å². The van der Waals surface area contributed by atoms with Crippen LogP contribution in [0.25, 0.3) is 0 Å². The quantitative estimate of drug-likeness (QED) is 0.729. The summed E-state index contributed by atoms with van der Waals surface area (Å²) in [4.78, 5) is 0. The molecule has 1 heteroatoms. The van der Waals surface area contributed by atoms with Crippen LogP contribution < -0.4 is 0 Å². The van der Waals surface area contributed by atoms with E-state index in [0.717, 1.165) is 12.8 Å². The third kappa shape index (κ3) is 1.81. The summed E-state index contributed by atoms with van der Waals surface area (Å²) in [5.41, 5.74) is 2.19. The maximum absolute atomic E-state index is 6.30. The SMILES string of the molecule is CCCC1(C)OC1(c1ccccc1)c1ccccc1. The standard InChI is InChI=1S/C18H20O/c1-3-14-17(2)18(19-17,15-10-6-4-7-11-15)16-12-8-5-9-13-16/h4-13H,3,14H2,1-2H3. The highest BCUT2D eigenvalue weighted by Gasteiger charge is 2.67. The third-order valence-electron chi connectivity index (χ3n) is 4.17. The smallest absolute Gasteiger partial charge is 0.148 e. The van der Waals surface area contributed by atoms with E-state index in [0.29, 0.717) is 0 Å². The van der Waals surface area contributed by atoms with Crippen molar-refractivity contribution in [2.45, 2.75) is 37.9 Å². The lowest BCUT2D eigenvalue weighted by Crippen LogP contribution is -2.22. The highest BCUT2D eigenvalue weighted by molar-refractivity contribution is 5.46. The fraction of sp³-hybridized carbons (Fsp3) is 0.333. The lowest BCUT2D eigenvalue weighted by molar-refractivity contribution is 0.277. The Morgan fingerprint density at radius 2 is 1.32 bits per heavy atom. The molecule has 1 fully saturated rings. The van der Waals surface area contributed by atoms with Crippen LogP contribution in [0.1, 0.15) is 37.8 Å². The lowest BCUT2D eigenvalue weighted by atomic mass is 9.79. The summed E-state index contributed by atoms with van der Waals surface area (Å²) >= 11 is 0. The summed E-state index contributed by atoms with van der Waals surface area (Å²) in [5, 5.41) is 0. The van der Waals surface area contributed by atoms with Gasteiger partial charge in [-0.1, -0.05) is 74.0 Å². The minimum Gasteiger partial charge on any atom is -0.353 e. The summed E-state index contributed by atoms with van der Waals surface area (Å²) in [6, 6.07) is 21.2. The molecule has 0 saturated carbocycles. The second kappa shape index (κ2) is 4.50. The minimum atomic E-state index is -0.258. The van der Waals surface area contributed by atoms with Crippen molar-refractivity contribution in [3.8, 4) is 0 Å². The van der Waals surface area contributed by atoms with Crippen molar-refractivity contribution in [1.82, 2.24) is 0 Å². The monoisotopic (exact) mass is 252 g/mol. The first-order valence-electron chi connectivity index (χ1n) is 7.04. The van der Waals surface area contributed by atoms with Gasteiger partial charge in [0.25, 0.3) is 0 Å². The Labute approximate surface area is 115 Å². The van der Waals surface area contributed by atoms with Gasteiger partial charge in [-0.3, -0.25) is 0 Å². The second-order valence-electron chi connectivity index (χ2n) is 5.50. The summed E-state index contributed by atoms with van der Waals surface area (Å²) < 4.78 is 6.30. The van der Waals surface area contributed by atoms with Gasteiger partial charge in [0.05, 0.1) is 0 Å². The summed E-state index contributed by atoms with van der Waals surface area (Å²) in [6.45, 7) is 4.45. The van der Waals surface area contributed by atoms with Crippen molar-refractivity contribution in [3.63, 3.8) is 0 Å². The summed E-state index contributed by atoms with van der Waals surface area (Å²) in [5.74, 6) is 0. The topological polar surface area (TPSA) is 12.5 Å². The fourth-order valence-corrected chi connectivity index (χ4v) is 3.26. The molecule has 1 unspecified atom stereocenters. The van der Waals surface area contributed by atoms with Gasteiger partial charge in [0, 0.05) is 0 Å². The first-order chi connectivity index (χ1) is 9.23. The van der Waals surface area contributed by atoms with Crippen LogP contribution in [0.5, 0.6) is 0 Å². The van der Waals surface area contributed by atoms with Crippen molar-refractivity contribution in [2.24, 2.45) is 0 Å². The van der Waals surface area contributed by atoms with Crippen molar-refractivity contribution >= 4 is 0 Å². The van der Waals surface area contributed by atoms with Gasteiger partial charge in [-0.05, 0) is 24.5 Å². The molecule has 0 bridgehead atoms. The van der Waals surface area contributed by atoms with Crippen molar-refractivity contribution in [3.05, 3.63) is 71.8 Å². The van der Waals surface area contributed by atoms with Crippen LogP contribution in [0.3, 0.4) is 0 Å². The number of epoxide rings is 1. The molecule has 1 aliphatic rings. The van der Waals surface area contributed by atoms with E-state index >= 15 is 0 Å². The van der Waals surface area contributed by atoms with Crippen molar-refractivity contribution < 1.29 is 4.74 Å². The van der Waals surface area contributed by atoms with Gasteiger partial charge in [0.1, 0.15) is 11.2 Å². The molecule has 2 aromatic carbocycles. The van der Waals surface area contributed by atoms with E-state index in [4.69, 9.17) is 4.74 Å². The minimum absolute atomic E-state index is 0.0789. The van der Waals surface area contributed by atoms with Crippen LogP contribution in [-0.2, 0) is 10.3 Å². The van der Waals surface area contributed by atoms with Gasteiger partial charge < -0.3 is 4.74 Å². The molecule has 1 saturated heterocycles. The molecule has 98 valence electrons. The molecule has 0 spiro atoms. The molecule has 1 atom stereocenters. The van der Waals surface area contributed by atoms with E-state index < -0.39 is 0 Å². The Morgan fingerprint density at radius 1 is 0.842 bits per heavy atom. The zero-order chi connectivity index (χ0) is 13.3. The van der Waals surface area contributed by atoms with Gasteiger partial charge in [0.2, 0.25) is 0 Å². The van der Waals surface area contributed by atoms with Gasteiger partial charge in [-0.15, -0.1) is 0 Å². The number of rotatable bonds is 4. The van der Waals surface area contributed by atoms with E-state index in [1.54, 1.807) is 0 Å². The van der Waals surface area contributed by atoms with Crippen LogP contribution in [0.4, 0.5) is 0 Å². The van der Waals surface area contributed by atoms with Crippen LogP contribution in [0.15, 0.2) is 60.7 Å². The van der Waals surface area contributed by atoms with E-state index in [9.17, 15) is 0 Å². The van der Waals surface area contributed by atoms with Crippen LogP contribution in [0.2, 0.25) is 0 Å². The first kappa shape index (κ1) is 12.4. The van der Waals surface area contributed by atoms with E-state index in [1.807, 2.05) is 0 Å². The average molecular weight is 252 g/mol. The highest BCUT2D eigenvalue weighted by Crippen LogP contribution is 2.61. The molecule has 0 N–H and O–H groups in total. The van der Waals surface area contributed by atoms with Crippen LogP contribution in [-0.4, -0.2) is 5.60 Å². The molecule has 1 nitrogen and oxygen atoms in total. The second-order valence-corrected chi connectivity index (χ2v) is 5.50. The van der Waals surface area contributed by atoms with Crippen molar-refractivity contribution in [2.75, 3.05) is 0 Å². The predicted octanol–water partition coefficient (Wildman–Crippen LogP) is 4.52. The molecule has 0 amide bonds. The Kier molecular flexibility index (Phi) is 2.94. The molecule has 2 aromatic rings. The number of benzene rings is 2. The van der Waals surface area contributed by atoms with Gasteiger partial charge in [-0.25, -0.2) is 0 Å². The fourth-order valence-electron chi connectivity index (χ4n) is 3.26. The maximum atomic E-state index is 6.30. The largest absolute Gasteiger partial charge is 0.353 e. The third-order valence-corrected chi connectivity index (χ3v) is 4.17. The highest BCUT2D eigenvalue weighted by atomic mass is 16.6. The lowest BCUT2D eigenvalue weighted by Gasteiger charge is -2.18. The molecule has 1 aliphatic heterocycles. The molecule has 0 aromatic heterocycles. The molecule has 3 rings (SSSR count). The molecule has 0 radical (unpaired) electrons. The molecular formula is C18H20O. The van der Waals surface area contributed by atoms with Gasteiger partial charge >= 0.3 is 0 Å². The van der Waals surface area contributed by atoms with E-state index in [2.05, 4.69) is 74.5 Å². The Balaban J connectivity index is 2.10. The van der Waals surface area contributed by atoms with Crippen LogP contribution in [0, 0.1) is 0 Å². The maximum Gasteiger partial charge on any atom is 0.148 e. The van der Waals surface area contributed by atoms with Gasteiger partial charge in [0.15, 0.2) is 0 Å². The normalized spacial score (nSPS) is 24.1. The summed E-state index contributed by atoms with van der Waals surface area (Å²) in [7, 11) is 0. The zero-order valence-corrected chi connectivity index (χ0v) is 11.6. The Morgan fingerprint density at radius 3 is 1.74 bits per heavy atom. The molecular weight excluding hydrogens is 232 g/mol. The zero-order valence-electron chi connectivity index (χ0n) is 11.6. The molecule has 19 heavy (non-hydrogen) atoms. The number of ether oxygens (including phenoxy) is 1. The van der Waals surface area contributed by atoms with E-state index in [-0.39, 0.29) is 11.2 Å². The molecule has 1 heterocycles. The van der Waals surface area contributed by atoms with Crippen LogP contribution >= 0.6 is 0 Å². The number of hydrogen-bond donors (Lipinski definition) is 0. The Bertz CT molecular complexity index is 507. The van der Waals surface area contributed by atoms with E-state index in [1.165, 1.54) is 11.1 Å².